The van der Waals surface area contributed by atoms with Crippen molar-refractivity contribution < 1.29 is 4.79 Å². The molecule has 4 heteroatoms. The van der Waals surface area contributed by atoms with Crippen molar-refractivity contribution in [2.75, 3.05) is 0 Å². The van der Waals surface area contributed by atoms with Crippen LogP contribution in [0.25, 0.3) is 22.2 Å². The van der Waals surface area contributed by atoms with E-state index in [1.165, 1.54) is 0 Å². The van der Waals surface area contributed by atoms with E-state index in [1.807, 2.05) is 30.3 Å². The van der Waals surface area contributed by atoms with Gasteiger partial charge in [0, 0.05) is 28.9 Å². The summed E-state index contributed by atoms with van der Waals surface area (Å²) in [6, 6.07) is 11.4. The van der Waals surface area contributed by atoms with E-state index in [4.69, 9.17) is 11.6 Å². The minimum atomic E-state index is -0.471. The van der Waals surface area contributed by atoms with Crippen LogP contribution in [0.4, 0.5) is 0 Å². The van der Waals surface area contributed by atoms with E-state index in [2.05, 4.69) is 16.9 Å². The second-order valence-corrected chi connectivity index (χ2v) is 5.12. The van der Waals surface area contributed by atoms with E-state index in [1.54, 1.807) is 18.5 Å². The number of carbonyl (C=O) groups is 1. The third-order valence-corrected chi connectivity index (χ3v) is 3.65. The van der Waals surface area contributed by atoms with Crippen molar-refractivity contribution in [3.8, 4) is 11.3 Å². The van der Waals surface area contributed by atoms with Crippen LogP contribution >= 0.6 is 11.6 Å². The van der Waals surface area contributed by atoms with Crippen molar-refractivity contribution in [1.82, 2.24) is 9.97 Å². The first-order valence-corrected chi connectivity index (χ1v) is 7.10. The highest BCUT2D eigenvalue weighted by Crippen LogP contribution is 2.26. The maximum atomic E-state index is 11.8. The van der Waals surface area contributed by atoms with Gasteiger partial charge in [-0.1, -0.05) is 13.0 Å². The molecule has 0 fully saturated rings. The Morgan fingerprint density at radius 3 is 2.76 bits per heavy atom. The Bertz CT molecular complexity index is 816. The first-order chi connectivity index (χ1) is 10.2. The van der Waals surface area contributed by atoms with Crippen LogP contribution in [0.15, 0.2) is 48.8 Å². The van der Waals surface area contributed by atoms with Gasteiger partial charge in [-0.3, -0.25) is 9.78 Å². The molecule has 1 aromatic carbocycles. The lowest BCUT2D eigenvalue weighted by atomic mass is 10.0. The van der Waals surface area contributed by atoms with Crippen LogP contribution in [0.5, 0.6) is 0 Å². The van der Waals surface area contributed by atoms with Gasteiger partial charge in [0.25, 0.3) is 5.24 Å². The van der Waals surface area contributed by atoms with E-state index in [0.717, 1.165) is 28.5 Å². The van der Waals surface area contributed by atoms with Crippen molar-refractivity contribution in [2.24, 2.45) is 0 Å². The molecule has 104 valence electrons. The van der Waals surface area contributed by atoms with Crippen LogP contribution in [-0.2, 0) is 6.42 Å². The number of fused-ring (bicyclic) bond motifs is 1. The first kappa shape index (κ1) is 13.7. The van der Waals surface area contributed by atoms with Crippen molar-refractivity contribution in [2.45, 2.75) is 13.3 Å². The SMILES string of the molecule is CCc1ccc2nc(-c3cccnc3)cc(C(=O)Cl)c2c1. The normalized spacial score (nSPS) is 10.8. The molecule has 3 nitrogen and oxygen atoms in total. The molecule has 0 atom stereocenters. The Morgan fingerprint density at radius 1 is 1.24 bits per heavy atom. The van der Waals surface area contributed by atoms with Crippen LogP contribution in [0, 0.1) is 0 Å². The van der Waals surface area contributed by atoms with E-state index in [-0.39, 0.29) is 0 Å². The molecule has 2 heterocycles. The monoisotopic (exact) mass is 296 g/mol. The van der Waals surface area contributed by atoms with Gasteiger partial charge in [0.15, 0.2) is 0 Å². The number of nitrogens with zero attached hydrogens (tertiary/aromatic N) is 2. The van der Waals surface area contributed by atoms with E-state index in [0.29, 0.717) is 11.3 Å². The molecule has 0 N–H and O–H groups in total. The number of hydrogen-bond acceptors (Lipinski definition) is 3. The number of hydrogen-bond donors (Lipinski definition) is 0. The minimum absolute atomic E-state index is 0.471. The molecule has 0 bridgehead atoms. The zero-order valence-corrected chi connectivity index (χ0v) is 12.3. The largest absolute Gasteiger partial charge is 0.276 e. The summed E-state index contributed by atoms with van der Waals surface area (Å²) >= 11 is 5.75. The molecule has 0 saturated carbocycles. The zero-order valence-electron chi connectivity index (χ0n) is 11.5. The van der Waals surface area contributed by atoms with Gasteiger partial charge in [0.2, 0.25) is 0 Å². The van der Waals surface area contributed by atoms with Gasteiger partial charge in [0.1, 0.15) is 0 Å². The number of halogens is 1. The van der Waals surface area contributed by atoms with Crippen LogP contribution in [0.3, 0.4) is 0 Å². The second kappa shape index (κ2) is 5.62. The van der Waals surface area contributed by atoms with Crippen molar-refractivity contribution >= 4 is 27.7 Å². The molecule has 0 aliphatic heterocycles. The van der Waals surface area contributed by atoms with Gasteiger partial charge >= 0.3 is 0 Å². The molecule has 0 spiro atoms. The number of rotatable bonds is 3. The number of aryl methyl sites for hydroxylation is 1. The van der Waals surface area contributed by atoms with Crippen molar-refractivity contribution in [3.05, 3.63) is 59.9 Å². The molecule has 0 amide bonds. The van der Waals surface area contributed by atoms with Gasteiger partial charge < -0.3 is 0 Å². The Balaban J connectivity index is 2.29. The van der Waals surface area contributed by atoms with Gasteiger partial charge in [-0.15, -0.1) is 0 Å². The molecule has 0 saturated heterocycles. The second-order valence-electron chi connectivity index (χ2n) is 4.78. The molecule has 3 rings (SSSR count). The predicted octanol–water partition coefficient (Wildman–Crippen LogP) is 4.24. The van der Waals surface area contributed by atoms with Gasteiger partial charge in [0.05, 0.1) is 11.2 Å². The first-order valence-electron chi connectivity index (χ1n) is 6.73. The van der Waals surface area contributed by atoms with Gasteiger partial charge in [-0.2, -0.15) is 0 Å². The number of aromatic nitrogens is 2. The highest BCUT2D eigenvalue weighted by molar-refractivity contribution is 6.68. The molecule has 0 radical (unpaired) electrons. The zero-order chi connectivity index (χ0) is 14.8. The minimum Gasteiger partial charge on any atom is -0.276 e. The molecule has 21 heavy (non-hydrogen) atoms. The lowest BCUT2D eigenvalue weighted by Crippen LogP contribution is -1.97. The highest BCUT2D eigenvalue weighted by Gasteiger charge is 2.12. The van der Waals surface area contributed by atoms with Crippen LogP contribution in [-0.4, -0.2) is 15.2 Å². The molecule has 0 aliphatic carbocycles. The summed E-state index contributed by atoms with van der Waals surface area (Å²) in [5, 5.41) is 0.322. The molecule has 0 unspecified atom stereocenters. The Hall–Kier alpha value is -2.26. The Labute approximate surface area is 127 Å². The highest BCUT2D eigenvalue weighted by atomic mass is 35.5. The topological polar surface area (TPSA) is 42.9 Å². The van der Waals surface area contributed by atoms with E-state index < -0.39 is 5.24 Å². The Morgan fingerprint density at radius 2 is 2.10 bits per heavy atom. The predicted molar refractivity (Wildman–Crippen MR) is 84.5 cm³/mol. The summed E-state index contributed by atoms with van der Waals surface area (Å²) in [6.45, 7) is 2.07. The molecular weight excluding hydrogens is 284 g/mol. The number of pyridine rings is 2. The fourth-order valence-corrected chi connectivity index (χ4v) is 2.47. The van der Waals surface area contributed by atoms with Gasteiger partial charge in [-0.25, -0.2) is 4.98 Å². The standard InChI is InChI=1S/C17H13ClN2O/c1-2-11-5-6-15-13(8-11)14(17(18)21)9-16(20-15)12-4-3-7-19-10-12/h3-10H,2H2,1H3. The quantitative estimate of drug-likeness (QED) is 0.679. The Kier molecular flexibility index (Phi) is 3.67. The summed E-state index contributed by atoms with van der Waals surface area (Å²) in [5.74, 6) is 0. The average molecular weight is 297 g/mol. The molecule has 0 aliphatic rings. The van der Waals surface area contributed by atoms with Crippen LogP contribution in [0.2, 0.25) is 0 Å². The van der Waals surface area contributed by atoms with Gasteiger partial charge in [-0.05, 0) is 53.9 Å². The molecular formula is C17H13ClN2O. The maximum absolute atomic E-state index is 11.8. The summed E-state index contributed by atoms with van der Waals surface area (Å²) in [6.07, 6.45) is 4.32. The maximum Gasteiger partial charge on any atom is 0.253 e. The van der Waals surface area contributed by atoms with Crippen molar-refractivity contribution in [3.63, 3.8) is 0 Å². The fraction of sp³-hybridized carbons (Fsp3) is 0.118. The third-order valence-electron chi connectivity index (χ3n) is 3.45. The summed E-state index contributed by atoms with van der Waals surface area (Å²) in [7, 11) is 0. The van der Waals surface area contributed by atoms with Crippen LogP contribution < -0.4 is 0 Å². The van der Waals surface area contributed by atoms with Crippen molar-refractivity contribution in [1.29, 1.82) is 0 Å². The summed E-state index contributed by atoms with van der Waals surface area (Å²) in [5.41, 5.74) is 3.95. The van der Waals surface area contributed by atoms with E-state index in [9.17, 15) is 4.79 Å². The third kappa shape index (κ3) is 2.65. The molecule has 3 aromatic rings. The average Bonchev–Trinajstić information content (AvgIpc) is 2.54. The van der Waals surface area contributed by atoms with Crippen LogP contribution in [0.1, 0.15) is 22.8 Å². The van der Waals surface area contributed by atoms with E-state index >= 15 is 0 Å². The summed E-state index contributed by atoms with van der Waals surface area (Å²) < 4.78 is 0. The number of carbonyl (C=O) groups excluding carboxylic acids is 1. The molecule has 2 aromatic heterocycles. The lowest BCUT2D eigenvalue weighted by Gasteiger charge is -2.08. The summed E-state index contributed by atoms with van der Waals surface area (Å²) in [4.78, 5) is 20.5. The smallest absolute Gasteiger partial charge is 0.253 e. The fourth-order valence-electron chi connectivity index (χ4n) is 2.32. The number of benzene rings is 1. The lowest BCUT2D eigenvalue weighted by molar-refractivity contribution is 0.108.